The van der Waals surface area contributed by atoms with Gasteiger partial charge in [0, 0.05) is 10.6 Å². The second kappa shape index (κ2) is 5.78. The second-order valence-corrected chi connectivity index (χ2v) is 6.06. The van der Waals surface area contributed by atoms with E-state index in [0.29, 0.717) is 10.6 Å². The molecule has 2 N–H and O–H groups in total. The van der Waals surface area contributed by atoms with Gasteiger partial charge in [0.15, 0.2) is 0 Å². The zero-order valence-electron chi connectivity index (χ0n) is 13.1. The third kappa shape index (κ3) is 2.58. The Hall–Kier alpha value is -1.38. The number of hydrogen-bond donors (Lipinski definition) is 1. The van der Waals surface area contributed by atoms with E-state index in [-0.39, 0.29) is 5.82 Å². The maximum atomic E-state index is 14.2. The maximum Gasteiger partial charge on any atom is 0.129 e. The number of hydrogen-bond acceptors (Lipinski definition) is 1. The fourth-order valence-electron chi connectivity index (χ4n) is 2.95. The first-order valence-electron chi connectivity index (χ1n) is 7.03. The van der Waals surface area contributed by atoms with Gasteiger partial charge in [0.1, 0.15) is 5.82 Å². The van der Waals surface area contributed by atoms with Crippen LogP contribution >= 0.6 is 11.6 Å². The smallest absolute Gasteiger partial charge is 0.129 e. The van der Waals surface area contributed by atoms with Gasteiger partial charge in [-0.25, -0.2) is 4.39 Å². The van der Waals surface area contributed by atoms with E-state index in [2.05, 4.69) is 20.8 Å². The van der Waals surface area contributed by atoms with Crippen molar-refractivity contribution < 1.29 is 4.39 Å². The van der Waals surface area contributed by atoms with E-state index in [1.165, 1.54) is 22.8 Å². The maximum absolute atomic E-state index is 14.2. The van der Waals surface area contributed by atoms with Crippen LogP contribution < -0.4 is 5.73 Å². The molecule has 0 saturated carbocycles. The Morgan fingerprint density at radius 2 is 1.33 bits per heavy atom. The van der Waals surface area contributed by atoms with Crippen LogP contribution in [0.3, 0.4) is 0 Å². The highest BCUT2D eigenvalue weighted by Crippen LogP contribution is 2.35. The molecular formula is C18H21ClFN. The van der Waals surface area contributed by atoms with Crippen molar-refractivity contribution in [3.8, 4) is 0 Å². The van der Waals surface area contributed by atoms with Gasteiger partial charge in [-0.3, -0.25) is 0 Å². The van der Waals surface area contributed by atoms with Crippen LogP contribution in [0, 0.1) is 40.4 Å². The summed E-state index contributed by atoms with van der Waals surface area (Å²) in [5, 5.41) is 0.372. The molecule has 0 saturated heterocycles. The van der Waals surface area contributed by atoms with Crippen molar-refractivity contribution in [2.24, 2.45) is 5.73 Å². The highest BCUT2D eigenvalue weighted by molar-refractivity contribution is 6.31. The van der Waals surface area contributed by atoms with Gasteiger partial charge in [0.25, 0.3) is 0 Å². The summed E-state index contributed by atoms with van der Waals surface area (Å²) in [5.74, 6) is -0.357. The Balaban J connectivity index is 2.73. The van der Waals surface area contributed by atoms with Gasteiger partial charge in [-0.2, -0.15) is 0 Å². The van der Waals surface area contributed by atoms with Crippen LogP contribution in [-0.2, 0) is 0 Å². The van der Waals surface area contributed by atoms with Crippen molar-refractivity contribution in [1.82, 2.24) is 0 Å². The SMILES string of the molecule is Cc1c(C)c(C)c(C(N)c2c(F)cccc2Cl)c(C)c1C. The average molecular weight is 306 g/mol. The largest absolute Gasteiger partial charge is 0.320 e. The van der Waals surface area contributed by atoms with Crippen LogP contribution in [0.15, 0.2) is 18.2 Å². The Kier molecular flexibility index (Phi) is 4.40. The lowest BCUT2D eigenvalue weighted by Crippen LogP contribution is -2.18. The molecule has 1 atom stereocenters. The zero-order valence-corrected chi connectivity index (χ0v) is 13.9. The number of halogens is 2. The topological polar surface area (TPSA) is 26.0 Å². The summed E-state index contributed by atoms with van der Waals surface area (Å²) in [5.41, 5.74) is 13.6. The van der Waals surface area contributed by atoms with E-state index in [0.717, 1.165) is 16.7 Å². The number of rotatable bonds is 2. The van der Waals surface area contributed by atoms with Crippen molar-refractivity contribution in [3.05, 3.63) is 68.0 Å². The molecule has 0 aliphatic rings. The highest BCUT2D eigenvalue weighted by Gasteiger charge is 2.23. The lowest BCUT2D eigenvalue weighted by molar-refractivity contribution is 0.599. The molecule has 21 heavy (non-hydrogen) atoms. The standard InChI is InChI=1S/C18H21ClFN/c1-9-10(2)12(4)16(13(5)11(9)3)18(21)17-14(19)7-6-8-15(17)20/h6-8,18H,21H2,1-5H3. The molecule has 0 bridgehead atoms. The Labute approximate surface area is 130 Å². The van der Waals surface area contributed by atoms with Crippen LogP contribution in [0.1, 0.15) is 45.0 Å². The normalized spacial score (nSPS) is 12.6. The van der Waals surface area contributed by atoms with Crippen molar-refractivity contribution in [2.45, 2.75) is 40.7 Å². The summed E-state index contributed by atoms with van der Waals surface area (Å²) in [4.78, 5) is 0. The Morgan fingerprint density at radius 1 is 0.857 bits per heavy atom. The molecule has 0 heterocycles. The molecule has 2 aromatic carbocycles. The summed E-state index contributed by atoms with van der Waals surface area (Å²) in [7, 11) is 0. The Bertz CT molecular complexity index is 658. The van der Waals surface area contributed by atoms with Crippen LogP contribution in [0.2, 0.25) is 5.02 Å². The third-order valence-corrected chi connectivity index (χ3v) is 5.01. The predicted octanol–water partition coefficient (Wildman–Crippen LogP) is 5.07. The van der Waals surface area contributed by atoms with E-state index in [9.17, 15) is 4.39 Å². The van der Waals surface area contributed by atoms with E-state index >= 15 is 0 Å². The molecule has 1 nitrogen and oxygen atoms in total. The molecule has 0 fully saturated rings. The van der Waals surface area contributed by atoms with Crippen LogP contribution in [0.4, 0.5) is 4.39 Å². The Morgan fingerprint density at radius 3 is 1.81 bits per heavy atom. The van der Waals surface area contributed by atoms with Crippen molar-refractivity contribution in [2.75, 3.05) is 0 Å². The quantitative estimate of drug-likeness (QED) is 0.823. The summed E-state index contributed by atoms with van der Waals surface area (Å²) in [6.07, 6.45) is 0. The summed E-state index contributed by atoms with van der Waals surface area (Å²) in [6, 6.07) is 4.12. The molecule has 0 spiro atoms. The monoisotopic (exact) mass is 305 g/mol. The molecule has 0 amide bonds. The lowest BCUT2D eigenvalue weighted by Gasteiger charge is -2.24. The summed E-state index contributed by atoms with van der Waals surface area (Å²) < 4.78 is 14.2. The van der Waals surface area contributed by atoms with Crippen LogP contribution in [-0.4, -0.2) is 0 Å². The molecule has 3 heteroatoms. The molecule has 112 valence electrons. The third-order valence-electron chi connectivity index (χ3n) is 4.68. The van der Waals surface area contributed by atoms with E-state index in [1.54, 1.807) is 12.1 Å². The molecule has 2 aromatic rings. The zero-order chi connectivity index (χ0) is 15.9. The lowest BCUT2D eigenvalue weighted by atomic mass is 9.84. The molecule has 1 unspecified atom stereocenters. The van der Waals surface area contributed by atoms with Crippen molar-refractivity contribution in [3.63, 3.8) is 0 Å². The second-order valence-electron chi connectivity index (χ2n) is 5.65. The molecular weight excluding hydrogens is 285 g/mol. The minimum atomic E-state index is -0.559. The van der Waals surface area contributed by atoms with Crippen molar-refractivity contribution >= 4 is 11.6 Å². The summed E-state index contributed by atoms with van der Waals surface area (Å²) in [6.45, 7) is 10.3. The van der Waals surface area contributed by atoms with Gasteiger partial charge in [-0.1, -0.05) is 17.7 Å². The van der Waals surface area contributed by atoms with E-state index < -0.39 is 6.04 Å². The van der Waals surface area contributed by atoms with Crippen molar-refractivity contribution in [1.29, 1.82) is 0 Å². The first-order chi connectivity index (χ1) is 9.77. The van der Waals surface area contributed by atoms with Gasteiger partial charge in [-0.05, 0) is 80.1 Å². The molecule has 0 radical (unpaired) electrons. The van der Waals surface area contributed by atoms with Gasteiger partial charge in [-0.15, -0.1) is 0 Å². The van der Waals surface area contributed by atoms with Crippen LogP contribution in [0.5, 0.6) is 0 Å². The summed E-state index contributed by atoms with van der Waals surface area (Å²) >= 11 is 6.17. The number of nitrogens with two attached hydrogens (primary N) is 1. The molecule has 0 aromatic heterocycles. The van der Waals surface area contributed by atoms with E-state index in [1.807, 2.05) is 13.8 Å². The first-order valence-corrected chi connectivity index (χ1v) is 7.41. The fourth-order valence-corrected chi connectivity index (χ4v) is 3.23. The van der Waals surface area contributed by atoms with Gasteiger partial charge in [0.2, 0.25) is 0 Å². The van der Waals surface area contributed by atoms with Gasteiger partial charge >= 0.3 is 0 Å². The molecule has 2 rings (SSSR count). The minimum absolute atomic E-state index is 0.357. The molecule has 0 aliphatic heterocycles. The van der Waals surface area contributed by atoms with Gasteiger partial charge in [0.05, 0.1) is 6.04 Å². The first kappa shape index (κ1) is 16.0. The molecule has 0 aliphatic carbocycles. The van der Waals surface area contributed by atoms with E-state index in [4.69, 9.17) is 17.3 Å². The average Bonchev–Trinajstić information content (AvgIpc) is 2.43. The minimum Gasteiger partial charge on any atom is -0.320 e. The van der Waals surface area contributed by atoms with Gasteiger partial charge < -0.3 is 5.73 Å². The number of benzene rings is 2. The predicted molar refractivity (Wildman–Crippen MR) is 87.6 cm³/mol. The fraction of sp³-hybridized carbons (Fsp3) is 0.333. The van der Waals surface area contributed by atoms with Crippen LogP contribution in [0.25, 0.3) is 0 Å². The highest BCUT2D eigenvalue weighted by atomic mass is 35.5.